The van der Waals surface area contributed by atoms with E-state index in [2.05, 4.69) is 24.3 Å². The van der Waals surface area contributed by atoms with Crippen LogP contribution in [-0.2, 0) is 13.6 Å². The Labute approximate surface area is 72.8 Å². The lowest BCUT2D eigenvalue weighted by Crippen LogP contribution is -2.23. The molecule has 0 bridgehead atoms. The Morgan fingerprint density at radius 1 is 1.67 bits per heavy atom. The molecule has 0 fully saturated rings. The molecule has 12 heavy (non-hydrogen) atoms. The van der Waals surface area contributed by atoms with Crippen molar-refractivity contribution in [1.82, 2.24) is 15.1 Å². The van der Waals surface area contributed by atoms with Gasteiger partial charge in [-0.25, -0.2) is 0 Å². The van der Waals surface area contributed by atoms with Crippen LogP contribution in [0.1, 0.15) is 19.5 Å². The number of nitrogens with zero attached hydrogens (tertiary/aromatic N) is 2. The molecule has 0 aliphatic rings. The predicted molar refractivity (Wildman–Crippen MR) is 49.6 cm³/mol. The second-order valence-electron chi connectivity index (χ2n) is 3.22. The van der Waals surface area contributed by atoms with Gasteiger partial charge in [0.1, 0.15) is 5.82 Å². The Morgan fingerprint density at radius 2 is 2.33 bits per heavy atom. The summed E-state index contributed by atoms with van der Waals surface area (Å²) in [5.74, 6) is 0.582. The molecule has 3 N–H and O–H groups in total. The fraction of sp³-hybridized carbons (Fsp3) is 0.625. The lowest BCUT2D eigenvalue weighted by atomic mass is 10.3. The highest BCUT2D eigenvalue weighted by Crippen LogP contribution is 2.03. The van der Waals surface area contributed by atoms with Gasteiger partial charge >= 0.3 is 0 Å². The van der Waals surface area contributed by atoms with Gasteiger partial charge in [0.25, 0.3) is 0 Å². The van der Waals surface area contributed by atoms with E-state index in [9.17, 15) is 0 Å². The number of hydrogen-bond donors (Lipinski definition) is 2. The standard InChI is InChI=1S/C8H16N4/c1-6(2)10-5-7-4-8(9)11-12(7)3/h4,6,10H,5H2,1-3H3,(H2,9,11). The number of rotatable bonds is 3. The van der Waals surface area contributed by atoms with E-state index in [1.165, 1.54) is 0 Å². The molecule has 0 radical (unpaired) electrons. The first kappa shape index (κ1) is 9.06. The summed E-state index contributed by atoms with van der Waals surface area (Å²) in [5, 5.41) is 7.34. The highest BCUT2D eigenvalue weighted by atomic mass is 15.3. The van der Waals surface area contributed by atoms with Gasteiger partial charge in [0.2, 0.25) is 0 Å². The second kappa shape index (κ2) is 3.58. The van der Waals surface area contributed by atoms with E-state index in [0.717, 1.165) is 12.2 Å². The first-order chi connectivity index (χ1) is 5.59. The van der Waals surface area contributed by atoms with Crippen molar-refractivity contribution < 1.29 is 0 Å². The maximum atomic E-state index is 5.53. The molecule has 4 nitrogen and oxygen atoms in total. The summed E-state index contributed by atoms with van der Waals surface area (Å²) in [6.45, 7) is 5.04. The monoisotopic (exact) mass is 168 g/mol. The van der Waals surface area contributed by atoms with Gasteiger partial charge in [-0.05, 0) is 0 Å². The lowest BCUT2D eigenvalue weighted by molar-refractivity contribution is 0.560. The molecule has 0 saturated heterocycles. The van der Waals surface area contributed by atoms with Crippen LogP contribution in [0.15, 0.2) is 6.07 Å². The van der Waals surface area contributed by atoms with Crippen LogP contribution in [0, 0.1) is 0 Å². The fourth-order valence-corrected chi connectivity index (χ4v) is 1.00. The number of nitrogens with one attached hydrogen (secondary N) is 1. The fourth-order valence-electron chi connectivity index (χ4n) is 1.00. The van der Waals surface area contributed by atoms with Crippen LogP contribution in [0.3, 0.4) is 0 Å². The molecular weight excluding hydrogens is 152 g/mol. The van der Waals surface area contributed by atoms with Gasteiger partial charge in [-0.1, -0.05) is 13.8 Å². The molecule has 4 heteroatoms. The van der Waals surface area contributed by atoms with Gasteiger partial charge < -0.3 is 11.1 Å². The summed E-state index contributed by atoms with van der Waals surface area (Å²) >= 11 is 0. The van der Waals surface area contributed by atoms with Gasteiger partial charge in [0, 0.05) is 25.7 Å². The van der Waals surface area contributed by atoms with Crippen molar-refractivity contribution in [3.8, 4) is 0 Å². The van der Waals surface area contributed by atoms with Crippen molar-refractivity contribution in [2.45, 2.75) is 26.4 Å². The average molecular weight is 168 g/mol. The summed E-state index contributed by atoms with van der Waals surface area (Å²) in [5.41, 5.74) is 6.64. The van der Waals surface area contributed by atoms with Crippen LogP contribution in [-0.4, -0.2) is 15.8 Å². The minimum absolute atomic E-state index is 0.487. The Kier molecular flexibility index (Phi) is 2.70. The van der Waals surface area contributed by atoms with Gasteiger partial charge in [0.05, 0.1) is 5.69 Å². The van der Waals surface area contributed by atoms with Crippen molar-refractivity contribution in [2.24, 2.45) is 7.05 Å². The minimum atomic E-state index is 0.487. The molecule has 1 rings (SSSR count). The van der Waals surface area contributed by atoms with E-state index in [-0.39, 0.29) is 0 Å². The minimum Gasteiger partial charge on any atom is -0.382 e. The van der Waals surface area contributed by atoms with Crippen LogP contribution in [0.25, 0.3) is 0 Å². The van der Waals surface area contributed by atoms with Crippen LogP contribution in [0.5, 0.6) is 0 Å². The molecule has 0 aromatic carbocycles. The largest absolute Gasteiger partial charge is 0.382 e. The Morgan fingerprint density at radius 3 is 2.75 bits per heavy atom. The summed E-state index contributed by atoms with van der Waals surface area (Å²) in [6, 6.07) is 2.37. The average Bonchev–Trinajstić information content (AvgIpc) is 2.26. The van der Waals surface area contributed by atoms with E-state index in [1.54, 1.807) is 4.68 Å². The van der Waals surface area contributed by atoms with Gasteiger partial charge in [-0.15, -0.1) is 0 Å². The second-order valence-corrected chi connectivity index (χ2v) is 3.22. The SMILES string of the molecule is CC(C)NCc1cc(N)nn1C. The van der Waals surface area contributed by atoms with Crippen LogP contribution in [0.4, 0.5) is 5.82 Å². The zero-order chi connectivity index (χ0) is 9.14. The number of hydrogen-bond acceptors (Lipinski definition) is 3. The Balaban J connectivity index is 2.57. The van der Waals surface area contributed by atoms with Crippen LogP contribution < -0.4 is 11.1 Å². The van der Waals surface area contributed by atoms with Crippen molar-refractivity contribution >= 4 is 5.82 Å². The normalized spacial score (nSPS) is 11.0. The zero-order valence-electron chi connectivity index (χ0n) is 7.83. The number of aromatic nitrogens is 2. The molecule has 68 valence electrons. The summed E-state index contributed by atoms with van der Waals surface area (Å²) in [7, 11) is 1.90. The van der Waals surface area contributed by atoms with Crippen molar-refractivity contribution in [2.75, 3.05) is 5.73 Å². The molecule has 1 heterocycles. The van der Waals surface area contributed by atoms with E-state index in [4.69, 9.17) is 5.73 Å². The third-order valence-electron chi connectivity index (χ3n) is 1.69. The molecule has 0 unspecified atom stereocenters. The Hall–Kier alpha value is -1.03. The summed E-state index contributed by atoms with van der Waals surface area (Å²) in [4.78, 5) is 0. The molecule has 1 aromatic rings. The molecule has 1 aromatic heterocycles. The molecule has 0 saturated carbocycles. The van der Waals surface area contributed by atoms with E-state index in [1.807, 2.05) is 13.1 Å². The van der Waals surface area contributed by atoms with E-state index >= 15 is 0 Å². The molecule has 0 amide bonds. The highest BCUT2D eigenvalue weighted by Gasteiger charge is 2.01. The third kappa shape index (κ3) is 2.23. The van der Waals surface area contributed by atoms with Gasteiger partial charge in [-0.3, -0.25) is 4.68 Å². The number of nitrogens with two attached hydrogens (primary N) is 1. The Bertz CT molecular complexity index is 252. The molecule has 0 aliphatic carbocycles. The molecule has 0 atom stereocenters. The topological polar surface area (TPSA) is 55.9 Å². The van der Waals surface area contributed by atoms with Crippen molar-refractivity contribution in [3.63, 3.8) is 0 Å². The highest BCUT2D eigenvalue weighted by molar-refractivity contribution is 5.29. The molecular formula is C8H16N4. The first-order valence-corrected chi connectivity index (χ1v) is 4.11. The zero-order valence-corrected chi connectivity index (χ0v) is 7.83. The third-order valence-corrected chi connectivity index (χ3v) is 1.69. The lowest BCUT2D eigenvalue weighted by Gasteiger charge is -2.07. The number of nitrogen functional groups attached to an aromatic ring is 1. The van der Waals surface area contributed by atoms with Crippen molar-refractivity contribution in [1.29, 1.82) is 0 Å². The van der Waals surface area contributed by atoms with Crippen LogP contribution >= 0.6 is 0 Å². The number of anilines is 1. The summed E-state index contributed by atoms with van der Waals surface area (Å²) < 4.78 is 1.80. The maximum absolute atomic E-state index is 5.53. The number of aryl methyl sites for hydroxylation is 1. The molecule has 0 aliphatic heterocycles. The van der Waals surface area contributed by atoms with E-state index in [0.29, 0.717) is 11.9 Å². The molecule has 0 spiro atoms. The summed E-state index contributed by atoms with van der Waals surface area (Å²) in [6.07, 6.45) is 0. The predicted octanol–water partition coefficient (Wildman–Crippen LogP) is 0.500. The van der Waals surface area contributed by atoms with Gasteiger partial charge in [-0.2, -0.15) is 5.10 Å². The maximum Gasteiger partial charge on any atom is 0.145 e. The smallest absolute Gasteiger partial charge is 0.145 e. The quantitative estimate of drug-likeness (QED) is 0.691. The van der Waals surface area contributed by atoms with E-state index < -0.39 is 0 Å². The van der Waals surface area contributed by atoms with Crippen molar-refractivity contribution in [3.05, 3.63) is 11.8 Å². The first-order valence-electron chi connectivity index (χ1n) is 4.11. The van der Waals surface area contributed by atoms with Crippen LogP contribution in [0.2, 0.25) is 0 Å². The van der Waals surface area contributed by atoms with Gasteiger partial charge in [0.15, 0.2) is 0 Å².